The Morgan fingerprint density at radius 1 is 1.35 bits per heavy atom. The number of aryl methyl sites for hydroxylation is 2. The molecule has 0 atom stereocenters. The van der Waals surface area contributed by atoms with Gasteiger partial charge in [0, 0.05) is 11.4 Å². The molecule has 0 aliphatic carbocycles. The molecule has 17 heavy (non-hydrogen) atoms. The maximum Gasteiger partial charge on any atom is 0.269 e. The normalized spacial score (nSPS) is 10.2. The van der Waals surface area contributed by atoms with Gasteiger partial charge in [-0.15, -0.1) is 5.10 Å². The quantitative estimate of drug-likeness (QED) is 0.796. The number of rotatable bonds is 2. The third-order valence-electron chi connectivity index (χ3n) is 2.45. The van der Waals surface area contributed by atoms with Crippen molar-refractivity contribution in [1.29, 1.82) is 0 Å². The van der Waals surface area contributed by atoms with E-state index in [-0.39, 0.29) is 5.91 Å². The van der Waals surface area contributed by atoms with E-state index >= 15 is 0 Å². The summed E-state index contributed by atoms with van der Waals surface area (Å²) in [5.74, 6) is -0.216. The van der Waals surface area contributed by atoms with Crippen molar-refractivity contribution in [2.75, 3.05) is 11.1 Å². The van der Waals surface area contributed by atoms with Gasteiger partial charge < -0.3 is 11.1 Å². The molecule has 1 amide bonds. The summed E-state index contributed by atoms with van der Waals surface area (Å²) in [4.78, 5) is 12.3. The van der Waals surface area contributed by atoms with Crippen molar-refractivity contribution >= 4 is 28.8 Å². The third kappa shape index (κ3) is 2.42. The van der Waals surface area contributed by atoms with E-state index in [1.165, 1.54) is 6.20 Å². The van der Waals surface area contributed by atoms with Gasteiger partial charge >= 0.3 is 0 Å². The number of nitrogens with two attached hydrogens (primary N) is 1. The number of nitrogen functional groups attached to an aromatic ring is 1. The molecule has 2 aromatic rings. The molecule has 5 nitrogen and oxygen atoms in total. The van der Waals surface area contributed by atoms with Gasteiger partial charge in [-0.1, -0.05) is 10.6 Å². The Morgan fingerprint density at radius 3 is 2.76 bits per heavy atom. The van der Waals surface area contributed by atoms with E-state index in [1.807, 2.05) is 19.9 Å². The molecule has 0 radical (unpaired) electrons. The van der Waals surface area contributed by atoms with E-state index < -0.39 is 0 Å². The van der Waals surface area contributed by atoms with Crippen LogP contribution in [0.5, 0.6) is 0 Å². The third-order valence-corrected chi connectivity index (χ3v) is 3.11. The Bertz CT molecular complexity index is 551. The lowest BCUT2D eigenvalue weighted by atomic mass is 10.1. The molecule has 0 bridgehead atoms. The molecule has 0 unspecified atom stereocenters. The first-order chi connectivity index (χ1) is 8.08. The molecular formula is C11H12N4OS. The van der Waals surface area contributed by atoms with E-state index in [0.29, 0.717) is 16.3 Å². The Morgan fingerprint density at radius 2 is 2.12 bits per heavy atom. The summed E-state index contributed by atoms with van der Waals surface area (Å²) in [6.45, 7) is 3.86. The molecule has 0 fully saturated rings. The molecule has 88 valence electrons. The lowest BCUT2D eigenvalue weighted by Gasteiger charge is -2.10. The molecule has 2 rings (SSSR count). The minimum atomic E-state index is -0.216. The first-order valence-corrected chi connectivity index (χ1v) is 5.80. The number of nitrogens with one attached hydrogen (secondary N) is 1. The van der Waals surface area contributed by atoms with Crippen molar-refractivity contribution in [2.45, 2.75) is 13.8 Å². The fourth-order valence-corrected chi connectivity index (χ4v) is 1.87. The van der Waals surface area contributed by atoms with Crippen molar-refractivity contribution < 1.29 is 4.79 Å². The zero-order valence-corrected chi connectivity index (χ0v) is 10.3. The Labute approximate surface area is 103 Å². The van der Waals surface area contributed by atoms with Gasteiger partial charge in [-0.25, -0.2) is 0 Å². The number of benzene rings is 1. The van der Waals surface area contributed by atoms with Crippen molar-refractivity contribution in [2.24, 2.45) is 0 Å². The van der Waals surface area contributed by atoms with Gasteiger partial charge in [0.25, 0.3) is 5.91 Å². The van der Waals surface area contributed by atoms with Crippen LogP contribution in [0.15, 0.2) is 18.3 Å². The van der Waals surface area contributed by atoms with Crippen LogP contribution in [0.3, 0.4) is 0 Å². The highest BCUT2D eigenvalue weighted by molar-refractivity contribution is 7.07. The number of aromatic nitrogens is 2. The van der Waals surface area contributed by atoms with Crippen molar-refractivity contribution in [3.63, 3.8) is 0 Å². The Hall–Kier alpha value is -1.95. The van der Waals surface area contributed by atoms with Gasteiger partial charge in [0.2, 0.25) is 0 Å². The average molecular weight is 248 g/mol. The number of carbonyl (C=O) groups is 1. The second kappa shape index (κ2) is 4.50. The zero-order valence-electron chi connectivity index (χ0n) is 9.52. The monoisotopic (exact) mass is 248 g/mol. The zero-order chi connectivity index (χ0) is 12.4. The van der Waals surface area contributed by atoms with Crippen LogP contribution in [0.1, 0.15) is 20.8 Å². The minimum Gasteiger partial charge on any atom is -0.398 e. The van der Waals surface area contributed by atoms with E-state index in [0.717, 1.165) is 22.7 Å². The number of carbonyl (C=O) groups excluding carboxylic acids is 1. The van der Waals surface area contributed by atoms with Crippen molar-refractivity contribution in [3.05, 3.63) is 34.3 Å². The van der Waals surface area contributed by atoms with Crippen molar-refractivity contribution in [3.8, 4) is 0 Å². The van der Waals surface area contributed by atoms with Crippen LogP contribution in [0.4, 0.5) is 11.4 Å². The minimum absolute atomic E-state index is 0.216. The number of amides is 1. The average Bonchev–Trinajstić information content (AvgIpc) is 2.79. The SMILES string of the molecule is Cc1cc(C)c(NC(=O)c2cnns2)cc1N. The van der Waals surface area contributed by atoms with Gasteiger partial charge in [-0.2, -0.15) is 0 Å². The first-order valence-electron chi connectivity index (χ1n) is 5.03. The summed E-state index contributed by atoms with van der Waals surface area (Å²) in [6.07, 6.45) is 1.44. The molecular weight excluding hydrogens is 236 g/mol. The standard InChI is InChI=1S/C11H12N4OS/c1-6-3-7(2)9(4-8(6)12)14-11(16)10-5-13-15-17-10/h3-5H,12H2,1-2H3,(H,14,16). The second-order valence-electron chi connectivity index (χ2n) is 3.76. The fourth-order valence-electron chi connectivity index (χ4n) is 1.45. The van der Waals surface area contributed by atoms with Crippen LogP contribution in [0.25, 0.3) is 0 Å². The maximum atomic E-state index is 11.8. The van der Waals surface area contributed by atoms with Gasteiger partial charge in [0.1, 0.15) is 4.88 Å². The molecule has 1 aromatic heterocycles. The number of anilines is 2. The van der Waals surface area contributed by atoms with Gasteiger partial charge in [0.05, 0.1) is 6.20 Å². The highest BCUT2D eigenvalue weighted by Crippen LogP contribution is 2.22. The van der Waals surface area contributed by atoms with E-state index in [1.54, 1.807) is 6.07 Å². The largest absolute Gasteiger partial charge is 0.398 e. The van der Waals surface area contributed by atoms with Gasteiger partial charge in [0.15, 0.2) is 0 Å². The van der Waals surface area contributed by atoms with Crippen molar-refractivity contribution in [1.82, 2.24) is 9.59 Å². The number of hydrogen-bond donors (Lipinski definition) is 2. The lowest BCUT2D eigenvalue weighted by Crippen LogP contribution is -2.11. The summed E-state index contributed by atoms with van der Waals surface area (Å²) in [6, 6.07) is 3.70. The fraction of sp³-hybridized carbons (Fsp3) is 0.182. The van der Waals surface area contributed by atoms with Gasteiger partial charge in [-0.3, -0.25) is 4.79 Å². The molecule has 0 saturated carbocycles. The highest BCUT2D eigenvalue weighted by atomic mass is 32.1. The van der Waals surface area contributed by atoms with Crippen LogP contribution in [-0.4, -0.2) is 15.5 Å². The van der Waals surface area contributed by atoms with E-state index in [9.17, 15) is 4.79 Å². The van der Waals surface area contributed by atoms with E-state index in [2.05, 4.69) is 14.9 Å². The molecule has 1 heterocycles. The van der Waals surface area contributed by atoms with Crippen LogP contribution < -0.4 is 11.1 Å². The topological polar surface area (TPSA) is 80.9 Å². The van der Waals surface area contributed by atoms with Crippen LogP contribution in [0, 0.1) is 13.8 Å². The summed E-state index contributed by atoms with van der Waals surface area (Å²) in [7, 11) is 0. The predicted octanol–water partition coefficient (Wildman–Crippen LogP) is 1.99. The molecule has 0 spiro atoms. The van der Waals surface area contributed by atoms with Gasteiger partial charge in [-0.05, 0) is 42.6 Å². The summed E-state index contributed by atoms with van der Waals surface area (Å²) in [5.41, 5.74) is 9.16. The number of hydrogen-bond acceptors (Lipinski definition) is 5. The predicted molar refractivity (Wildman–Crippen MR) is 68.2 cm³/mol. The summed E-state index contributed by atoms with van der Waals surface area (Å²) in [5, 5.41) is 6.41. The van der Waals surface area contributed by atoms with Crippen LogP contribution in [0.2, 0.25) is 0 Å². The molecule has 1 aromatic carbocycles. The molecule has 0 aliphatic rings. The number of nitrogens with zero attached hydrogens (tertiary/aromatic N) is 2. The Balaban J connectivity index is 2.25. The van der Waals surface area contributed by atoms with Crippen LogP contribution >= 0.6 is 11.5 Å². The second-order valence-corrected chi connectivity index (χ2v) is 4.55. The highest BCUT2D eigenvalue weighted by Gasteiger charge is 2.10. The summed E-state index contributed by atoms with van der Waals surface area (Å²) >= 11 is 1.06. The molecule has 3 N–H and O–H groups in total. The smallest absolute Gasteiger partial charge is 0.269 e. The summed E-state index contributed by atoms with van der Waals surface area (Å²) < 4.78 is 3.65. The maximum absolute atomic E-state index is 11.8. The van der Waals surface area contributed by atoms with Crippen LogP contribution in [-0.2, 0) is 0 Å². The Kier molecular flexibility index (Phi) is 3.06. The van der Waals surface area contributed by atoms with E-state index in [4.69, 9.17) is 5.73 Å². The lowest BCUT2D eigenvalue weighted by molar-refractivity contribution is 0.103. The molecule has 0 aliphatic heterocycles. The molecule has 0 saturated heterocycles. The molecule has 6 heteroatoms. The first kappa shape index (κ1) is 11.5.